The summed E-state index contributed by atoms with van der Waals surface area (Å²) in [6, 6.07) is 0. The first-order valence-corrected chi connectivity index (χ1v) is 8.05. The molecular weight excluding hydrogens is 255 g/mol. The summed E-state index contributed by atoms with van der Waals surface area (Å²) in [5, 5.41) is 0. The first-order valence-electron chi connectivity index (χ1n) is 6.49. The van der Waals surface area contributed by atoms with Crippen molar-refractivity contribution in [3.8, 4) is 0 Å². The molecule has 0 unspecified atom stereocenters. The SMILES string of the molecule is CC(C)CCCOCCCC(C)C.O=P(O)(O)O. The minimum Gasteiger partial charge on any atom is -0.381 e. The Morgan fingerprint density at radius 2 is 1.17 bits per heavy atom. The molecule has 0 spiro atoms. The van der Waals surface area contributed by atoms with Gasteiger partial charge in [0, 0.05) is 13.2 Å². The highest BCUT2D eigenvalue weighted by Gasteiger charge is 2.00. The lowest BCUT2D eigenvalue weighted by Crippen LogP contribution is -2.00. The van der Waals surface area contributed by atoms with Crippen molar-refractivity contribution in [2.75, 3.05) is 13.2 Å². The van der Waals surface area contributed by atoms with E-state index in [-0.39, 0.29) is 0 Å². The van der Waals surface area contributed by atoms with Crippen LogP contribution in [-0.2, 0) is 9.30 Å². The van der Waals surface area contributed by atoms with E-state index in [4.69, 9.17) is 24.0 Å². The molecule has 18 heavy (non-hydrogen) atoms. The van der Waals surface area contributed by atoms with Crippen LogP contribution in [-0.4, -0.2) is 27.9 Å². The van der Waals surface area contributed by atoms with Crippen molar-refractivity contribution < 1.29 is 24.0 Å². The quantitative estimate of drug-likeness (QED) is 0.471. The van der Waals surface area contributed by atoms with E-state index in [1.54, 1.807) is 0 Å². The van der Waals surface area contributed by atoms with Crippen LogP contribution < -0.4 is 0 Å². The third-order valence-electron chi connectivity index (χ3n) is 2.14. The molecule has 0 rings (SSSR count). The van der Waals surface area contributed by atoms with Gasteiger partial charge in [0.1, 0.15) is 0 Å². The normalized spacial score (nSPS) is 11.6. The summed E-state index contributed by atoms with van der Waals surface area (Å²) in [4.78, 5) is 21.6. The minimum absolute atomic E-state index is 0.819. The van der Waals surface area contributed by atoms with E-state index >= 15 is 0 Å². The molecule has 0 atom stereocenters. The Morgan fingerprint density at radius 3 is 1.39 bits per heavy atom. The van der Waals surface area contributed by atoms with Gasteiger partial charge in [0.05, 0.1) is 0 Å². The molecule has 112 valence electrons. The molecule has 0 aromatic heterocycles. The third kappa shape index (κ3) is 36.0. The molecule has 0 aliphatic carbocycles. The van der Waals surface area contributed by atoms with Gasteiger partial charge in [-0.1, -0.05) is 27.7 Å². The predicted octanol–water partition coefficient (Wildman–Crippen LogP) is 2.95. The summed E-state index contributed by atoms with van der Waals surface area (Å²) in [5.74, 6) is 1.64. The highest BCUT2D eigenvalue weighted by molar-refractivity contribution is 7.45. The van der Waals surface area contributed by atoms with E-state index in [2.05, 4.69) is 27.7 Å². The number of hydrogen-bond donors (Lipinski definition) is 3. The predicted molar refractivity (Wildman–Crippen MR) is 73.2 cm³/mol. The first kappa shape index (κ1) is 20.4. The number of phosphoric acid groups is 1. The second kappa shape index (κ2) is 12.1. The van der Waals surface area contributed by atoms with Crippen molar-refractivity contribution in [1.29, 1.82) is 0 Å². The van der Waals surface area contributed by atoms with E-state index in [9.17, 15) is 0 Å². The van der Waals surface area contributed by atoms with Crippen LogP contribution in [0.1, 0.15) is 53.4 Å². The Labute approximate surface area is 111 Å². The molecule has 0 radical (unpaired) electrons. The fourth-order valence-electron chi connectivity index (χ4n) is 1.29. The lowest BCUT2D eigenvalue weighted by Gasteiger charge is -2.07. The Hall–Kier alpha value is 0.0700. The van der Waals surface area contributed by atoms with Crippen LogP contribution in [0.5, 0.6) is 0 Å². The molecule has 0 aliphatic rings. The van der Waals surface area contributed by atoms with Crippen LogP contribution in [0.3, 0.4) is 0 Å². The topological polar surface area (TPSA) is 87.0 Å². The monoisotopic (exact) mass is 284 g/mol. The average molecular weight is 284 g/mol. The minimum atomic E-state index is -4.64. The molecule has 0 heterocycles. The zero-order chi connectivity index (χ0) is 14.6. The zero-order valence-corrected chi connectivity index (χ0v) is 12.9. The van der Waals surface area contributed by atoms with E-state index in [1.165, 1.54) is 25.7 Å². The van der Waals surface area contributed by atoms with Crippen molar-refractivity contribution in [3.63, 3.8) is 0 Å². The van der Waals surface area contributed by atoms with Gasteiger partial charge in [-0.25, -0.2) is 4.57 Å². The second-order valence-electron chi connectivity index (χ2n) is 5.20. The molecule has 6 heteroatoms. The average Bonchev–Trinajstić information content (AvgIpc) is 2.12. The summed E-state index contributed by atoms with van der Waals surface area (Å²) in [7, 11) is -4.64. The summed E-state index contributed by atoms with van der Waals surface area (Å²) in [6.07, 6.45) is 5.03. The Morgan fingerprint density at radius 1 is 0.889 bits per heavy atom. The summed E-state index contributed by atoms with van der Waals surface area (Å²) >= 11 is 0. The van der Waals surface area contributed by atoms with Gasteiger partial charge in [-0.15, -0.1) is 0 Å². The fraction of sp³-hybridized carbons (Fsp3) is 1.00. The van der Waals surface area contributed by atoms with Crippen LogP contribution in [0.2, 0.25) is 0 Å². The first-order chi connectivity index (χ1) is 8.13. The molecule has 0 bridgehead atoms. The highest BCUT2D eigenvalue weighted by Crippen LogP contribution is 2.25. The van der Waals surface area contributed by atoms with Gasteiger partial charge in [-0.3, -0.25) is 0 Å². The smallest absolute Gasteiger partial charge is 0.381 e. The number of rotatable bonds is 8. The van der Waals surface area contributed by atoms with Gasteiger partial charge in [-0.2, -0.15) is 0 Å². The molecule has 3 N–H and O–H groups in total. The lowest BCUT2D eigenvalue weighted by atomic mass is 10.1. The van der Waals surface area contributed by atoms with Gasteiger partial charge < -0.3 is 19.4 Å². The molecule has 5 nitrogen and oxygen atoms in total. The largest absolute Gasteiger partial charge is 0.466 e. The van der Waals surface area contributed by atoms with Crippen molar-refractivity contribution in [3.05, 3.63) is 0 Å². The van der Waals surface area contributed by atoms with Crippen molar-refractivity contribution in [2.45, 2.75) is 53.4 Å². The third-order valence-corrected chi connectivity index (χ3v) is 2.14. The maximum absolute atomic E-state index is 8.88. The Bertz CT molecular complexity index is 192. The summed E-state index contributed by atoms with van der Waals surface area (Å²) in [6.45, 7) is 11.0. The molecule has 0 amide bonds. The lowest BCUT2D eigenvalue weighted by molar-refractivity contribution is 0.122. The van der Waals surface area contributed by atoms with E-state index in [0.29, 0.717) is 0 Å². The molecule has 0 saturated carbocycles. The second-order valence-corrected chi connectivity index (χ2v) is 6.22. The molecule has 0 aromatic rings. The summed E-state index contributed by atoms with van der Waals surface area (Å²) < 4.78 is 14.4. The maximum atomic E-state index is 8.88. The molecular formula is C12H29O5P. The van der Waals surface area contributed by atoms with Gasteiger partial charge >= 0.3 is 7.82 Å². The van der Waals surface area contributed by atoms with Crippen LogP contribution in [0.25, 0.3) is 0 Å². The number of ether oxygens (including phenoxy) is 1. The van der Waals surface area contributed by atoms with Crippen LogP contribution in [0.15, 0.2) is 0 Å². The zero-order valence-electron chi connectivity index (χ0n) is 12.0. The highest BCUT2D eigenvalue weighted by atomic mass is 31.2. The molecule has 0 fully saturated rings. The van der Waals surface area contributed by atoms with E-state index < -0.39 is 7.82 Å². The fourth-order valence-corrected chi connectivity index (χ4v) is 1.29. The molecule has 0 aliphatic heterocycles. The van der Waals surface area contributed by atoms with E-state index in [1.807, 2.05) is 0 Å². The van der Waals surface area contributed by atoms with Crippen LogP contribution in [0.4, 0.5) is 0 Å². The van der Waals surface area contributed by atoms with Gasteiger partial charge in [0.25, 0.3) is 0 Å². The molecule has 0 saturated heterocycles. The standard InChI is InChI=1S/C12H26O.H3O4P/c1-11(2)7-5-9-13-10-6-8-12(3)4;1-5(2,3)4/h11-12H,5-10H2,1-4H3;(H3,1,2,3,4). The van der Waals surface area contributed by atoms with Crippen molar-refractivity contribution >= 4 is 7.82 Å². The summed E-state index contributed by atoms with van der Waals surface area (Å²) in [5.41, 5.74) is 0. The van der Waals surface area contributed by atoms with Crippen molar-refractivity contribution in [1.82, 2.24) is 0 Å². The van der Waals surface area contributed by atoms with E-state index in [0.717, 1.165) is 25.0 Å². The Balaban J connectivity index is 0. The number of hydrogen-bond acceptors (Lipinski definition) is 2. The maximum Gasteiger partial charge on any atom is 0.466 e. The van der Waals surface area contributed by atoms with Gasteiger partial charge in [0.2, 0.25) is 0 Å². The molecule has 0 aromatic carbocycles. The van der Waals surface area contributed by atoms with Crippen LogP contribution >= 0.6 is 7.82 Å². The Kier molecular flexibility index (Phi) is 13.7. The van der Waals surface area contributed by atoms with Gasteiger partial charge in [0.15, 0.2) is 0 Å². The van der Waals surface area contributed by atoms with Crippen LogP contribution in [0, 0.1) is 11.8 Å². The van der Waals surface area contributed by atoms with Gasteiger partial charge in [-0.05, 0) is 37.5 Å². The van der Waals surface area contributed by atoms with Crippen molar-refractivity contribution in [2.24, 2.45) is 11.8 Å².